The van der Waals surface area contributed by atoms with E-state index in [0.29, 0.717) is 18.6 Å². The molecule has 2 saturated carbocycles. The quantitative estimate of drug-likeness (QED) is 0.676. The lowest BCUT2D eigenvalue weighted by Gasteiger charge is -2.28. The molecular weight excluding hydrogens is 186 g/mol. The van der Waals surface area contributed by atoms with Crippen molar-refractivity contribution < 1.29 is 5.11 Å². The fourth-order valence-corrected chi connectivity index (χ4v) is 2.56. The molecule has 0 aliphatic heterocycles. The highest BCUT2D eigenvalue weighted by Crippen LogP contribution is 2.44. The average molecular weight is 211 g/mol. The molecule has 2 N–H and O–H groups in total. The van der Waals surface area contributed by atoms with Gasteiger partial charge in [-0.2, -0.15) is 0 Å². The van der Waals surface area contributed by atoms with Crippen LogP contribution in [0, 0.1) is 17.8 Å². The van der Waals surface area contributed by atoms with Gasteiger partial charge in [-0.1, -0.05) is 13.8 Å². The lowest BCUT2D eigenvalue weighted by molar-refractivity contribution is 0.224. The molecule has 2 aliphatic rings. The van der Waals surface area contributed by atoms with Gasteiger partial charge in [0.1, 0.15) is 0 Å². The molecule has 0 amide bonds. The van der Waals surface area contributed by atoms with Crippen LogP contribution < -0.4 is 5.32 Å². The lowest BCUT2D eigenvalue weighted by Crippen LogP contribution is -2.44. The molecule has 2 nitrogen and oxygen atoms in total. The highest BCUT2D eigenvalue weighted by molar-refractivity contribution is 4.97. The smallest absolute Gasteiger partial charge is 0.0445 e. The van der Waals surface area contributed by atoms with Crippen molar-refractivity contribution in [2.24, 2.45) is 17.8 Å². The Morgan fingerprint density at radius 1 is 1.13 bits per heavy atom. The van der Waals surface area contributed by atoms with E-state index in [-0.39, 0.29) is 0 Å². The highest BCUT2D eigenvalue weighted by Gasteiger charge is 2.42. The minimum atomic E-state index is 0.317. The largest absolute Gasteiger partial charge is 0.396 e. The van der Waals surface area contributed by atoms with Crippen LogP contribution in [-0.4, -0.2) is 23.8 Å². The van der Waals surface area contributed by atoms with Crippen LogP contribution in [0.1, 0.15) is 46.0 Å². The summed E-state index contributed by atoms with van der Waals surface area (Å²) in [6.45, 7) is 4.83. The summed E-state index contributed by atoms with van der Waals surface area (Å²) < 4.78 is 0. The molecule has 0 bridgehead atoms. The van der Waals surface area contributed by atoms with E-state index in [4.69, 9.17) is 5.11 Å². The van der Waals surface area contributed by atoms with Gasteiger partial charge in [0.25, 0.3) is 0 Å². The van der Waals surface area contributed by atoms with Crippen molar-refractivity contribution in [2.45, 2.75) is 58.0 Å². The molecule has 0 heterocycles. The predicted molar refractivity (Wildman–Crippen MR) is 62.7 cm³/mol. The Morgan fingerprint density at radius 2 is 1.67 bits per heavy atom. The Labute approximate surface area is 93.5 Å². The van der Waals surface area contributed by atoms with Crippen molar-refractivity contribution >= 4 is 0 Å². The molecule has 0 radical (unpaired) electrons. The van der Waals surface area contributed by atoms with Gasteiger partial charge in [0, 0.05) is 18.7 Å². The predicted octanol–water partition coefficient (Wildman–Crippen LogP) is 2.17. The fourth-order valence-electron chi connectivity index (χ4n) is 2.56. The zero-order valence-corrected chi connectivity index (χ0v) is 10.1. The molecule has 2 heteroatoms. The van der Waals surface area contributed by atoms with Crippen LogP contribution in [0.25, 0.3) is 0 Å². The maximum absolute atomic E-state index is 9.07. The molecule has 1 unspecified atom stereocenters. The maximum Gasteiger partial charge on any atom is 0.0445 e. The standard InChI is InChI=1S/C13H25NO/c1-9(2)12(7-8-15)14-13(10-3-4-10)11-5-6-11/h9-15H,3-8H2,1-2H3. The van der Waals surface area contributed by atoms with Crippen molar-refractivity contribution in [3.8, 4) is 0 Å². The van der Waals surface area contributed by atoms with Gasteiger partial charge in [-0.15, -0.1) is 0 Å². The summed E-state index contributed by atoms with van der Waals surface area (Å²) in [5, 5.41) is 12.9. The SMILES string of the molecule is CC(C)C(CCO)NC(C1CC1)C1CC1. The van der Waals surface area contributed by atoms with Crippen molar-refractivity contribution in [3.63, 3.8) is 0 Å². The highest BCUT2D eigenvalue weighted by atomic mass is 16.3. The van der Waals surface area contributed by atoms with Crippen LogP contribution >= 0.6 is 0 Å². The van der Waals surface area contributed by atoms with E-state index in [0.717, 1.165) is 24.3 Å². The van der Waals surface area contributed by atoms with Gasteiger partial charge in [-0.25, -0.2) is 0 Å². The second kappa shape index (κ2) is 4.84. The zero-order valence-electron chi connectivity index (χ0n) is 10.1. The molecule has 1 atom stereocenters. The van der Waals surface area contributed by atoms with Gasteiger partial charge in [0.05, 0.1) is 0 Å². The van der Waals surface area contributed by atoms with Crippen LogP contribution in [0.15, 0.2) is 0 Å². The Kier molecular flexibility index (Phi) is 3.68. The summed E-state index contributed by atoms with van der Waals surface area (Å²) in [6.07, 6.45) is 6.63. The molecule has 15 heavy (non-hydrogen) atoms. The van der Waals surface area contributed by atoms with Crippen LogP contribution in [0.2, 0.25) is 0 Å². The Bertz CT molecular complexity index is 185. The molecule has 0 aromatic rings. The van der Waals surface area contributed by atoms with Crippen molar-refractivity contribution in [3.05, 3.63) is 0 Å². The molecule has 88 valence electrons. The third-order valence-corrected chi connectivity index (χ3v) is 3.91. The Morgan fingerprint density at radius 3 is 2.00 bits per heavy atom. The first-order valence-corrected chi connectivity index (χ1v) is 6.59. The van der Waals surface area contributed by atoms with Crippen molar-refractivity contribution in [2.75, 3.05) is 6.61 Å². The number of aliphatic hydroxyl groups is 1. The van der Waals surface area contributed by atoms with Gasteiger partial charge in [-0.3, -0.25) is 0 Å². The van der Waals surface area contributed by atoms with E-state index in [1.165, 1.54) is 25.7 Å². The third-order valence-electron chi connectivity index (χ3n) is 3.91. The molecule has 0 spiro atoms. The van der Waals surface area contributed by atoms with E-state index in [1.807, 2.05) is 0 Å². The molecule has 0 aromatic carbocycles. The first kappa shape index (κ1) is 11.4. The lowest BCUT2D eigenvalue weighted by atomic mass is 9.97. The van der Waals surface area contributed by atoms with Crippen molar-refractivity contribution in [1.82, 2.24) is 5.32 Å². The second-order valence-corrected chi connectivity index (χ2v) is 5.73. The van der Waals surface area contributed by atoms with Gasteiger partial charge < -0.3 is 10.4 Å². The number of nitrogens with one attached hydrogen (secondary N) is 1. The minimum Gasteiger partial charge on any atom is -0.396 e. The van der Waals surface area contributed by atoms with Gasteiger partial charge in [0.15, 0.2) is 0 Å². The van der Waals surface area contributed by atoms with Gasteiger partial charge in [-0.05, 0) is 49.9 Å². The summed E-state index contributed by atoms with van der Waals surface area (Å²) in [5.74, 6) is 2.55. The monoisotopic (exact) mass is 211 g/mol. The van der Waals surface area contributed by atoms with Crippen LogP contribution in [0.3, 0.4) is 0 Å². The summed E-state index contributed by atoms with van der Waals surface area (Å²) >= 11 is 0. The summed E-state index contributed by atoms with van der Waals surface area (Å²) in [4.78, 5) is 0. The Balaban J connectivity index is 1.84. The summed E-state index contributed by atoms with van der Waals surface area (Å²) in [7, 11) is 0. The third kappa shape index (κ3) is 3.18. The molecule has 0 saturated heterocycles. The first-order chi connectivity index (χ1) is 7.22. The molecule has 0 aromatic heterocycles. The summed E-state index contributed by atoms with van der Waals surface area (Å²) in [5.41, 5.74) is 0. The van der Waals surface area contributed by atoms with Crippen molar-refractivity contribution in [1.29, 1.82) is 0 Å². The van der Waals surface area contributed by atoms with Gasteiger partial charge in [0.2, 0.25) is 0 Å². The molecular formula is C13H25NO. The average Bonchev–Trinajstić information content (AvgIpc) is 3.02. The minimum absolute atomic E-state index is 0.317. The Hall–Kier alpha value is -0.0800. The van der Waals surface area contributed by atoms with E-state index >= 15 is 0 Å². The van der Waals surface area contributed by atoms with Crippen LogP contribution in [0.4, 0.5) is 0 Å². The molecule has 2 aliphatic carbocycles. The zero-order chi connectivity index (χ0) is 10.8. The number of hydrogen-bond donors (Lipinski definition) is 2. The first-order valence-electron chi connectivity index (χ1n) is 6.59. The number of hydrogen-bond acceptors (Lipinski definition) is 2. The van der Waals surface area contributed by atoms with E-state index in [2.05, 4.69) is 19.2 Å². The van der Waals surface area contributed by atoms with E-state index in [9.17, 15) is 0 Å². The normalized spacial score (nSPS) is 23.8. The number of aliphatic hydroxyl groups excluding tert-OH is 1. The molecule has 2 fully saturated rings. The molecule has 2 rings (SSSR count). The maximum atomic E-state index is 9.07. The second-order valence-electron chi connectivity index (χ2n) is 5.73. The van der Waals surface area contributed by atoms with Crippen LogP contribution in [-0.2, 0) is 0 Å². The fraction of sp³-hybridized carbons (Fsp3) is 1.00. The van der Waals surface area contributed by atoms with Crippen LogP contribution in [0.5, 0.6) is 0 Å². The topological polar surface area (TPSA) is 32.3 Å². The van der Waals surface area contributed by atoms with E-state index < -0.39 is 0 Å². The van der Waals surface area contributed by atoms with E-state index in [1.54, 1.807) is 0 Å². The summed E-state index contributed by atoms with van der Waals surface area (Å²) in [6, 6.07) is 1.28. The number of rotatable bonds is 7. The van der Waals surface area contributed by atoms with Gasteiger partial charge >= 0.3 is 0 Å².